The molecule has 7 nitrogen and oxygen atoms in total. The quantitative estimate of drug-likeness (QED) is 0.476. The summed E-state index contributed by atoms with van der Waals surface area (Å²) >= 11 is 0. The Balaban J connectivity index is 1.73. The van der Waals surface area contributed by atoms with Crippen molar-refractivity contribution in [2.24, 2.45) is 0 Å². The Morgan fingerprint density at radius 1 is 0.840 bits per heavy atom. The lowest BCUT2D eigenvalue weighted by atomic mass is 10.2. The van der Waals surface area contributed by atoms with Crippen molar-refractivity contribution < 1.29 is 23.9 Å². The fraction of sp³-hybridized carbons (Fsp3) is 0.167. The molecule has 0 aliphatic carbocycles. The minimum absolute atomic E-state index is 0.209. The Bertz CT molecular complexity index is 746. The summed E-state index contributed by atoms with van der Waals surface area (Å²) < 4.78 is 9.97. The van der Waals surface area contributed by atoms with E-state index in [0.717, 1.165) is 0 Å². The standard InChI is InChI=1S/C18H18N2O5/c1-13(21)24-16-9-5-6-14(12-16)17(22)19-10-11-20-18(23)25-15-7-3-2-4-8-15/h2-9,12H,10-11H2,1H3,(H,19,22)(H,20,23). The molecule has 0 unspecified atom stereocenters. The highest BCUT2D eigenvalue weighted by Gasteiger charge is 2.08. The summed E-state index contributed by atoms with van der Waals surface area (Å²) in [7, 11) is 0. The van der Waals surface area contributed by atoms with E-state index in [0.29, 0.717) is 17.1 Å². The van der Waals surface area contributed by atoms with Gasteiger partial charge in [-0.25, -0.2) is 4.79 Å². The van der Waals surface area contributed by atoms with E-state index >= 15 is 0 Å². The molecule has 0 heterocycles. The second kappa shape index (κ2) is 9.07. The summed E-state index contributed by atoms with van der Waals surface area (Å²) in [6.07, 6.45) is -0.600. The van der Waals surface area contributed by atoms with Crippen LogP contribution in [0.3, 0.4) is 0 Å². The molecule has 130 valence electrons. The van der Waals surface area contributed by atoms with Gasteiger partial charge in [-0.2, -0.15) is 0 Å². The molecule has 2 rings (SSSR count). The lowest BCUT2D eigenvalue weighted by Gasteiger charge is -2.08. The molecular formula is C18H18N2O5. The molecule has 7 heteroatoms. The van der Waals surface area contributed by atoms with E-state index in [9.17, 15) is 14.4 Å². The van der Waals surface area contributed by atoms with E-state index in [1.165, 1.54) is 13.0 Å². The normalized spacial score (nSPS) is 9.80. The molecule has 0 atom stereocenters. The van der Waals surface area contributed by atoms with Gasteiger partial charge in [0.25, 0.3) is 5.91 Å². The molecule has 0 radical (unpaired) electrons. The van der Waals surface area contributed by atoms with Gasteiger partial charge in [0.15, 0.2) is 0 Å². The van der Waals surface area contributed by atoms with Gasteiger partial charge in [0.2, 0.25) is 0 Å². The highest BCUT2D eigenvalue weighted by molar-refractivity contribution is 5.94. The van der Waals surface area contributed by atoms with Gasteiger partial charge in [-0.15, -0.1) is 0 Å². The maximum absolute atomic E-state index is 12.0. The second-order valence-corrected chi connectivity index (χ2v) is 5.01. The van der Waals surface area contributed by atoms with E-state index < -0.39 is 12.1 Å². The lowest BCUT2D eigenvalue weighted by molar-refractivity contribution is -0.131. The summed E-state index contributed by atoms with van der Waals surface area (Å²) in [5, 5.41) is 5.18. The molecular weight excluding hydrogens is 324 g/mol. The van der Waals surface area contributed by atoms with Crippen molar-refractivity contribution in [2.45, 2.75) is 6.92 Å². The van der Waals surface area contributed by atoms with Crippen LogP contribution in [-0.4, -0.2) is 31.1 Å². The zero-order valence-electron chi connectivity index (χ0n) is 13.7. The first kappa shape index (κ1) is 18.0. The van der Waals surface area contributed by atoms with Crippen molar-refractivity contribution >= 4 is 18.0 Å². The Morgan fingerprint density at radius 2 is 1.52 bits per heavy atom. The zero-order chi connectivity index (χ0) is 18.1. The topological polar surface area (TPSA) is 93.7 Å². The van der Waals surface area contributed by atoms with Crippen LogP contribution < -0.4 is 20.1 Å². The van der Waals surface area contributed by atoms with Crippen molar-refractivity contribution in [1.82, 2.24) is 10.6 Å². The van der Waals surface area contributed by atoms with Crippen molar-refractivity contribution in [3.8, 4) is 11.5 Å². The molecule has 0 aliphatic heterocycles. The van der Waals surface area contributed by atoms with Crippen molar-refractivity contribution in [2.75, 3.05) is 13.1 Å². The number of rotatable bonds is 6. The van der Waals surface area contributed by atoms with Crippen molar-refractivity contribution in [1.29, 1.82) is 0 Å². The Morgan fingerprint density at radius 3 is 2.24 bits per heavy atom. The molecule has 0 fully saturated rings. The van der Waals surface area contributed by atoms with Crippen LogP contribution in [-0.2, 0) is 4.79 Å². The fourth-order valence-electron chi connectivity index (χ4n) is 1.94. The Hall–Kier alpha value is -3.35. The van der Waals surface area contributed by atoms with E-state index in [1.807, 2.05) is 6.07 Å². The van der Waals surface area contributed by atoms with E-state index in [-0.39, 0.29) is 19.0 Å². The average Bonchev–Trinajstić information content (AvgIpc) is 2.59. The maximum Gasteiger partial charge on any atom is 0.412 e. The molecule has 25 heavy (non-hydrogen) atoms. The minimum atomic E-state index is -0.600. The lowest BCUT2D eigenvalue weighted by Crippen LogP contribution is -2.36. The fourth-order valence-corrected chi connectivity index (χ4v) is 1.94. The number of ether oxygens (including phenoxy) is 2. The van der Waals surface area contributed by atoms with E-state index in [1.54, 1.807) is 42.5 Å². The molecule has 0 bridgehead atoms. The molecule has 0 saturated heterocycles. The number of para-hydroxylation sites is 1. The van der Waals surface area contributed by atoms with Crippen LogP contribution in [0.4, 0.5) is 4.79 Å². The summed E-state index contributed by atoms with van der Waals surface area (Å²) in [5.74, 6) is -0.0676. The van der Waals surface area contributed by atoms with Crippen LogP contribution in [0, 0.1) is 0 Å². The van der Waals surface area contributed by atoms with Crippen LogP contribution in [0.25, 0.3) is 0 Å². The SMILES string of the molecule is CC(=O)Oc1cccc(C(=O)NCCNC(=O)Oc2ccccc2)c1. The molecule has 0 spiro atoms. The first-order chi connectivity index (χ1) is 12.0. The van der Waals surface area contributed by atoms with Gasteiger partial charge >= 0.3 is 12.1 Å². The number of esters is 1. The maximum atomic E-state index is 12.0. The number of carbonyl (C=O) groups is 3. The highest BCUT2D eigenvalue weighted by atomic mass is 16.6. The third-order valence-electron chi connectivity index (χ3n) is 2.99. The third kappa shape index (κ3) is 6.34. The Labute approximate surface area is 144 Å². The molecule has 0 saturated carbocycles. The van der Waals surface area contributed by atoms with Gasteiger partial charge in [0.05, 0.1) is 0 Å². The number of carbonyl (C=O) groups excluding carboxylic acids is 3. The first-order valence-electron chi connectivity index (χ1n) is 7.62. The predicted octanol–water partition coefficient (Wildman–Crippen LogP) is 2.13. The average molecular weight is 342 g/mol. The monoisotopic (exact) mass is 342 g/mol. The van der Waals surface area contributed by atoms with E-state index in [2.05, 4.69) is 10.6 Å². The van der Waals surface area contributed by atoms with Gasteiger partial charge in [-0.3, -0.25) is 9.59 Å². The third-order valence-corrected chi connectivity index (χ3v) is 2.99. The largest absolute Gasteiger partial charge is 0.427 e. The van der Waals surface area contributed by atoms with Gasteiger partial charge in [0, 0.05) is 25.6 Å². The molecule has 2 aromatic carbocycles. The van der Waals surface area contributed by atoms with Gasteiger partial charge in [0.1, 0.15) is 11.5 Å². The number of amides is 2. The van der Waals surface area contributed by atoms with E-state index in [4.69, 9.17) is 9.47 Å². The smallest absolute Gasteiger partial charge is 0.412 e. The van der Waals surface area contributed by atoms with Gasteiger partial charge in [-0.05, 0) is 30.3 Å². The summed E-state index contributed by atoms with van der Waals surface area (Å²) in [5.41, 5.74) is 0.352. The highest BCUT2D eigenvalue weighted by Crippen LogP contribution is 2.13. The molecule has 2 amide bonds. The summed E-state index contributed by atoms with van der Waals surface area (Å²) in [6, 6.07) is 14.9. The second-order valence-electron chi connectivity index (χ2n) is 5.01. The van der Waals surface area contributed by atoms with Crippen LogP contribution in [0.5, 0.6) is 11.5 Å². The van der Waals surface area contributed by atoms with Crippen molar-refractivity contribution in [3.63, 3.8) is 0 Å². The molecule has 0 aliphatic rings. The molecule has 0 aromatic heterocycles. The predicted molar refractivity (Wildman–Crippen MR) is 90.6 cm³/mol. The van der Waals surface area contributed by atoms with Crippen LogP contribution in [0.1, 0.15) is 17.3 Å². The number of nitrogens with one attached hydrogen (secondary N) is 2. The first-order valence-corrected chi connectivity index (χ1v) is 7.62. The Kier molecular flexibility index (Phi) is 6.53. The zero-order valence-corrected chi connectivity index (χ0v) is 13.7. The number of hydrogen-bond acceptors (Lipinski definition) is 5. The van der Waals surface area contributed by atoms with Crippen LogP contribution in [0.2, 0.25) is 0 Å². The number of benzene rings is 2. The molecule has 2 aromatic rings. The van der Waals surface area contributed by atoms with Gasteiger partial charge in [-0.1, -0.05) is 24.3 Å². The summed E-state index contributed by atoms with van der Waals surface area (Å²) in [4.78, 5) is 34.5. The van der Waals surface area contributed by atoms with Gasteiger partial charge < -0.3 is 20.1 Å². The molecule has 2 N–H and O–H groups in total. The number of hydrogen-bond donors (Lipinski definition) is 2. The minimum Gasteiger partial charge on any atom is -0.427 e. The van der Waals surface area contributed by atoms with Crippen LogP contribution >= 0.6 is 0 Å². The van der Waals surface area contributed by atoms with Crippen LogP contribution in [0.15, 0.2) is 54.6 Å². The summed E-state index contributed by atoms with van der Waals surface area (Å²) in [6.45, 7) is 1.72. The van der Waals surface area contributed by atoms with Crippen molar-refractivity contribution in [3.05, 3.63) is 60.2 Å².